The first kappa shape index (κ1) is 37.3. The molecule has 0 saturated carbocycles. The van der Waals surface area contributed by atoms with Gasteiger partial charge in [0.2, 0.25) is 0 Å². The van der Waals surface area contributed by atoms with Gasteiger partial charge in [-0.15, -0.1) is 0 Å². The van der Waals surface area contributed by atoms with E-state index in [9.17, 15) is 30.3 Å². The topological polar surface area (TPSA) is 152 Å². The second-order valence-corrected chi connectivity index (χ2v) is 13.7. The SMILES string of the molecule is CC[C@H]1OC(=O)[C@H](C)[C@@H](O[C@H]2CC(N(C)CC)[C@H](O)C(C)O2)[C@H](C)[C@@H](O)[C@](C)(O)C[C@@H](C)CN(C)[C@H](C)[C@@H](O)[C@]1(C)O. The van der Waals surface area contributed by atoms with Crippen LogP contribution in [0.1, 0.15) is 81.6 Å². The number of cyclic esters (lactones) is 1. The molecule has 42 heavy (non-hydrogen) atoms. The van der Waals surface area contributed by atoms with E-state index in [1.807, 2.05) is 37.7 Å². The van der Waals surface area contributed by atoms with Gasteiger partial charge in [-0.1, -0.05) is 27.7 Å². The lowest BCUT2D eigenvalue weighted by atomic mass is 9.78. The highest BCUT2D eigenvalue weighted by Crippen LogP contribution is 2.35. The van der Waals surface area contributed by atoms with Gasteiger partial charge < -0.3 is 49.5 Å². The maximum Gasteiger partial charge on any atom is 0.311 e. The lowest BCUT2D eigenvalue weighted by Gasteiger charge is -2.45. The number of aliphatic hydroxyl groups excluding tert-OH is 3. The molecule has 2 saturated heterocycles. The molecule has 2 rings (SSSR count). The van der Waals surface area contributed by atoms with Crippen molar-refractivity contribution in [3.05, 3.63) is 0 Å². The molecule has 2 fully saturated rings. The molecule has 11 heteroatoms. The van der Waals surface area contributed by atoms with E-state index in [2.05, 4.69) is 0 Å². The quantitative estimate of drug-likeness (QED) is 0.289. The van der Waals surface area contributed by atoms with Crippen LogP contribution in [-0.4, -0.2) is 135 Å². The van der Waals surface area contributed by atoms with Crippen molar-refractivity contribution in [2.45, 2.75) is 148 Å². The summed E-state index contributed by atoms with van der Waals surface area (Å²) < 4.78 is 18.4. The van der Waals surface area contributed by atoms with Crippen LogP contribution in [0.25, 0.3) is 0 Å². The Labute approximate surface area is 253 Å². The fourth-order valence-electron chi connectivity index (χ4n) is 6.87. The van der Waals surface area contributed by atoms with Crippen molar-refractivity contribution >= 4 is 5.97 Å². The molecule has 11 nitrogen and oxygen atoms in total. The molecule has 0 bridgehead atoms. The molecular weight excluding hydrogens is 544 g/mol. The third-order valence-corrected chi connectivity index (χ3v) is 9.96. The zero-order chi connectivity index (χ0) is 32.3. The smallest absolute Gasteiger partial charge is 0.311 e. The van der Waals surface area contributed by atoms with Crippen LogP contribution in [0, 0.1) is 17.8 Å². The van der Waals surface area contributed by atoms with Gasteiger partial charge >= 0.3 is 5.97 Å². The first-order chi connectivity index (χ1) is 19.3. The highest BCUT2D eigenvalue weighted by Gasteiger charge is 2.49. The van der Waals surface area contributed by atoms with E-state index in [-0.39, 0.29) is 24.8 Å². The highest BCUT2D eigenvalue weighted by molar-refractivity contribution is 5.73. The fraction of sp³-hybridized carbons (Fsp3) is 0.968. The second-order valence-electron chi connectivity index (χ2n) is 13.7. The highest BCUT2D eigenvalue weighted by atomic mass is 16.7. The van der Waals surface area contributed by atoms with Crippen LogP contribution in [0.4, 0.5) is 0 Å². The average molecular weight is 605 g/mol. The van der Waals surface area contributed by atoms with Crippen molar-refractivity contribution in [3.63, 3.8) is 0 Å². The van der Waals surface area contributed by atoms with Crippen LogP contribution in [0.2, 0.25) is 0 Å². The largest absolute Gasteiger partial charge is 0.459 e. The molecule has 2 aliphatic heterocycles. The number of nitrogens with zero attached hydrogens (tertiary/aromatic N) is 2. The number of carbonyl (C=O) groups is 1. The first-order valence-corrected chi connectivity index (χ1v) is 15.7. The minimum absolute atomic E-state index is 0.0809. The molecule has 0 spiro atoms. The molecule has 0 aliphatic carbocycles. The molecule has 14 atom stereocenters. The number of likely N-dealkylation sites (N-methyl/N-ethyl adjacent to an activating group) is 2. The molecule has 0 aromatic carbocycles. The molecule has 0 aromatic rings. The fourth-order valence-corrected chi connectivity index (χ4v) is 6.87. The van der Waals surface area contributed by atoms with Gasteiger partial charge in [0.15, 0.2) is 6.29 Å². The van der Waals surface area contributed by atoms with Crippen molar-refractivity contribution in [2.24, 2.45) is 17.8 Å². The van der Waals surface area contributed by atoms with Crippen molar-refractivity contribution in [1.29, 1.82) is 0 Å². The second kappa shape index (κ2) is 14.9. The van der Waals surface area contributed by atoms with E-state index >= 15 is 0 Å². The van der Waals surface area contributed by atoms with E-state index in [1.54, 1.807) is 41.5 Å². The number of hydrogen-bond donors (Lipinski definition) is 5. The van der Waals surface area contributed by atoms with Crippen molar-refractivity contribution in [2.75, 3.05) is 27.2 Å². The Balaban J connectivity index is 2.52. The zero-order valence-electron chi connectivity index (χ0n) is 27.7. The molecule has 5 N–H and O–H groups in total. The first-order valence-electron chi connectivity index (χ1n) is 15.7. The van der Waals surface area contributed by atoms with Crippen molar-refractivity contribution in [3.8, 4) is 0 Å². The molecule has 0 amide bonds. The minimum atomic E-state index is -1.75. The van der Waals surface area contributed by atoms with E-state index in [0.29, 0.717) is 19.5 Å². The van der Waals surface area contributed by atoms with Gasteiger partial charge in [-0.25, -0.2) is 0 Å². The Kier molecular flexibility index (Phi) is 13.3. The van der Waals surface area contributed by atoms with Gasteiger partial charge in [-0.3, -0.25) is 4.79 Å². The normalized spacial score (nSPS) is 47.5. The number of hydrogen-bond acceptors (Lipinski definition) is 11. The van der Waals surface area contributed by atoms with E-state index in [1.165, 1.54) is 6.92 Å². The molecule has 2 unspecified atom stereocenters. The minimum Gasteiger partial charge on any atom is -0.459 e. The maximum absolute atomic E-state index is 13.7. The third-order valence-electron chi connectivity index (χ3n) is 9.96. The summed E-state index contributed by atoms with van der Waals surface area (Å²) in [7, 11) is 3.75. The van der Waals surface area contributed by atoms with Gasteiger partial charge in [-0.05, 0) is 74.0 Å². The van der Waals surface area contributed by atoms with Crippen molar-refractivity contribution in [1.82, 2.24) is 9.80 Å². The third kappa shape index (κ3) is 8.43. The number of ether oxygens (including phenoxy) is 3. The monoisotopic (exact) mass is 604 g/mol. The Hall–Kier alpha value is -0.890. The molecule has 0 radical (unpaired) electrons. The van der Waals surface area contributed by atoms with E-state index in [4.69, 9.17) is 14.2 Å². The average Bonchev–Trinajstić information content (AvgIpc) is 2.92. The van der Waals surface area contributed by atoms with Gasteiger partial charge in [0, 0.05) is 31.0 Å². The summed E-state index contributed by atoms with van der Waals surface area (Å²) in [5, 5.41) is 56.5. The van der Waals surface area contributed by atoms with Crippen molar-refractivity contribution < 1.29 is 44.5 Å². The number of esters is 1. The lowest BCUT2D eigenvalue weighted by Crippen LogP contribution is -2.59. The van der Waals surface area contributed by atoms with Crippen LogP contribution < -0.4 is 0 Å². The Bertz CT molecular complexity index is 858. The Morgan fingerprint density at radius 1 is 1.05 bits per heavy atom. The Morgan fingerprint density at radius 2 is 1.64 bits per heavy atom. The van der Waals surface area contributed by atoms with E-state index < -0.39 is 78.0 Å². The summed E-state index contributed by atoms with van der Waals surface area (Å²) in [6, 6.07) is -0.727. The van der Waals surface area contributed by atoms with Crippen LogP contribution in [-0.2, 0) is 19.0 Å². The number of rotatable bonds is 5. The van der Waals surface area contributed by atoms with Gasteiger partial charge in [-0.2, -0.15) is 0 Å². The molecule has 248 valence electrons. The van der Waals surface area contributed by atoms with E-state index in [0.717, 1.165) is 0 Å². The van der Waals surface area contributed by atoms with Crippen LogP contribution in [0.15, 0.2) is 0 Å². The number of carbonyl (C=O) groups excluding carboxylic acids is 1. The summed E-state index contributed by atoms with van der Waals surface area (Å²) in [5.41, 5.74) is -3.27. The van der Waals surface area contributed by atoms with Crippen LogP contribution in [0.5, 0.6) is 0 Å². The molecule has 0 aromatic heterocycles. The molecular formula is C31H60N2O9. The summed E-state index contributed by atoms with van der Waals surface area (Å²) in [6.07, 6.45) is -5.63. The predicted molar refractivity (Wildman–Crippen MR) is 160 cm³/mol. The van der Waals surface area contributed by atoms with Gasteiger partial charge in [0.05, 0.1) is 35.9 Å². The van der Waals surface area contributed by atoms with Gasteiger partial charge in [0.25, 0.3) is 0 Å². The summed E-state index contributed by atoms with van der Waals surface area (Å²) >= 11 is 0. The summed E-state index contributed by atoms with van der Waals surface area (Å²) in [6.45, 7) is 16.9. The summed E-state index contributed by atoms with van der Waals surface area (Å²) in [5.74, 6) is -2.39. The molecule has 2 heterocycles. The molecule has 2 aliphatic rings. The predicted octanol–water partition coefficient (Wildman–Crippen LogP) is 1.37. The number of aliphatic hydroxyl groups is 5. The lowest BCUT2D eigenvalue weighted by molar-refractivity contribution is -0.269. The zero-order valence-corrected chi connectivity index (χ0v) is 27.7. The van der Waals surface area contributed by atoms with Gasteiger partial charge in [0.1, 0.15) is 17.8 Å². The Morgan fingerprint density at radius 3 is 2.19 bits per heavy atom. The van der Waals surface area contributed by atoms with Crippen LogP contribution in [0.3, 0.4) is 0 Å². The standard InChI is InChI=1S/C31H60N2O9/c1-12-23-31(9,39)28(36)20(6)33(11)16-17(3)15-30(8,38)27(35)18(4)26(19(5)29(37)41-23)42-24-14-22(32(10)13-2)25(34)21(7)40-24/h17-28,34-36,38-39H,12-16H2,1-11H3/t17-,18+,19-,20-,21?,22?,23-,24+,25-,26+,27-,28-,30-,31-/m1/s1. The maximum atomic E-state index is 13.7. The van der Waals surface area contributed by atoms with Crippen LogP contribution >= 0.6 is 0 Å². The summed E-state index contributed by atoms with van der Waals surface area (Å²) in [4.78, 5) is 17.6.